The van der Waals surface area contributed by atoms with Crippen molar-refractivity contribution < 1.29 is 9.84 Å². The number of hydrogen-bond acceptors (Lipinski definition) is 3. The van der Waals surface area contributed by atoms with Crippen LogP contribution in [0.25, 0.3) is 0 Å². The summed E-state index contributed by atoms with van der Waals surface area (Å²) >= 11 is 0. The second kappa shape index (κ2) is 4.14. The van der Waals surface area contributed by atoms with Gasteiger partial charge in [0, 0.05) is 0 Å². The first kappa shape index (κ1) is 10.4. The van der Waals surface area contributed by atoms with E-state index < -0.39 is 0 Å². The molecule has 2 N–H and O–H groups in total. The van der Waals surface area contributed by atoms with E-state index in [9.17, 15) is 9.90 Å². The van der Waals surface area contributed by atoms with Crippen LogP contribution < -0.4 is 10.4 Å². The van der Waals surface area contributed by atoms with Crippen molar-refractivity contribution in [3.05, 3.63) is 46.5 Å². The van der Waals surface area contributed by atoms with Gasteiger partial charge in [-0.1, -0.05) is 12.1 Å². The van der Waals surface area contributed by atoms with Crippen LogP contribution in [0.1, 0.15) is 5.56 Å². The number of nitrogens with zero attached hydrogens (tertiary/aromatic N) is 1. The summed E-state index contributed by atoms with van der Waals surface area (Å²) in [5, 5.41) is 9.40. The molecule has 0 aliphatic heterocycles. The molecule has 0 bridgehead atoms. The molecule has 0 amide bonds. The quantitative estimate of drug-likeness (QED) is 0.808. The number of aromatic hydroxyl groups is 1. The van der Waals surface area contributed by atoms with Crippen LogP contribution in [-0.2, 0) is 6.54 Å². The zero-order chi connectivity index (χ0) is 11.5. The van der Waals surface area contributed by atoms with Crippen molar-refractivity contribution in [3.8, 4) is 11.6 Å². The van der Waals surface area contributed by atoms with Gasteiger partial charge in [0.15, 0.2) is 0 Å². The van der Waals surface area contributed by atoms with E-state index in [-0.39, 0.29) is 11.6 Å². The van der Waals surface area contributed by atoms with Gasteiger partial charge in [0.05, 0.1) is 19.9 Å². The lowest BCUT2D eigenvalue weighted by molar-refractivity contribution is 0.414. The van der Waals surface area contributed by atoms with E-state index in [0.29, 0.717) is 6.54 Å². The molecule has 84 valence electrons. The fraction of sp³-hybridized carbons (Fsp3) is 0.182. The maximum atomic E-state index is 11.3. The Labute approximate surface area is 91.9 Å². The Hall–Kier alpha value is -2.17. The number of aromatic amines is 1. The second-order valence-corrected chi connectivity index (χ2v) is 3.39. The van der Waals surface area contributed by atoms with Crippen LogP contribution in [0.15, 0.2) is 35.3 Å². The summed E-state index contributed by atoms with van der Waals surface area (Å²) in [5.74, 6) is 0.690. The molecule has 0 fully saturated rings. The van der Waals surface area contributed by atoms with Crippen molar-refractivity contribution in [1.29, 1.82) is 0 Å². The minimum absolute atomic E-state index is 0.0687. The molecule has 5 nitrogen and oxygen atoms in total. The Morgan fingerprint density at radius 2 is 2.06 bits per heavy atom. The third kappa shape index (κ3) is 1.93. The molecular formula is C11H12N2O3. The maximum Gasteiger partial charge on any atom is 0.328 e. The molecule has 5 heteroatoms. The molecule has 1 aromatic heterocycles. The Morgan fingerprint density at radius 3 is 2.56 bits per heavy atom. The van der Waals surface area contributed by atoms with E-state index in [4.69, 9.17) is 4.74 Å². The minimum atomic E-state index is -0.326. The van der Waals surface area contributed by atoms with E-state index in [0.717, 1.165) is 11.3 Å². The zero-order valence-corrected chi connectivity index (χ0v) is 8.80. The van der Waals surface area contributed by atoms with E-state index in [1.165, 1.54) is 10.8 Å². The highest BCUT2D eigenvalue weighted by molar-refractivity contribution is 5.27. The van der Waals surface area contributed by atoms with Crippen molar-refractivity contribution in [3.63, 3.8) is 0 Å². The van der Waals surface area contributed by atoms with Crippen molar-refractivity contribution in [2.24, 2.45) is 0 Å². The third-order valence-electron chi connectivity index (χ3n) is 2.35. The van der Waals surface area contributed by atoms with Gasteiger partial charge in [-0.05, 0) is 17.7 Å². The Morgan fingerprint density at radius 1 is 1.38 bits per heavy atom. The number of ether oxygens (including phenoxy) is 1. The highest BCUT2D eigenvalue weighted by Gasteiger charge is 2.04. The molecule has 0 aliphatic carbocycles. The zero-order valence-electron chi connectivity index (χ0n) is 8.80. The molecule has 0 radical (unpaired) electrons. The standard InChI is InChI=1S/C11H12N2O3/c1-16-9-4-2-8(3-5-9)7-13-10(14)6-12-11(13)15/h2-6,14H,7H2,1H3,(H,12,15). The largest absolute Gasteiger partial charge is 0.497 e. The fourth-order valence-electron chi connectivity index (χ4n) is 1.45. The second-order valence-electron chi connectivity index (χ2n) is 3.39. The molecule has 0 saturated carbocycles. The average molecular weight is 220 g/mol. The van der Waals surface area contributed by atoms with Gasteiger partial charge in [-0.2, -0.15) is 0 Å². The van der Waals surface area contributed by atoms with Gasteiger partial charge in [-0.25, -0.2) is 4.79 Å². The first-order chi connectivity index (χ1) is 7.70. The summed E-state index contributed by atoms with van der Waals surface area (Å²) < 4.78 is 6.28. The predicted molar refractivity (Wildman–Crippen MR) is 58.8 cm³/mol. The summed E-state index contributed by atoms with van der Waals surface area (Å²) in [4.78, 5) is 13.7. The predicted octanol–water partition coefficient (Wildman–Crippen LogP) is 0.939. The number of hydrogen-bond donors (Lipinski definition) is 2. The minimum Gasteiger partial charge on any atom is -0.497 e. The summed E-state index contributed by atoms with van der Waals surface area (Å²) in [6.07, 6.45) is 1.27. The molecule has 1 heterocycles. The number of H-pyrrole nitrogens is 1. The van der Waals surface area contributed by atoms with Crippen LogP contribution >= 0.6 is 0 Å². The molecule has 16 heavy (non-hydrogen) atoms. The average Bonchev–Trinajstić information content (AvgIpc) is 2.62. The van der Waals surface area contributed by atoms with Gasteiger partial charge in [0.25, 0.3) is 0 Å². The van der Waals surface area contributed by atoms with Gasteiger partial charge in [-0.3, -0.25) is 4.57 Å². The van der Waals surface area contributed by atoms with Crippen LogP contribution in [0.2, 0.25) is 0 Å². The SMILES string of the molecule is COc1ccc(Cn2c(O)c[nH]c2=O)cc1. The Balaban J connectivity index is 2.24. The van der Waals surface area contributed by atoms with Crippen LogP contribution in [0.5, 0.6) is 11.6 Å². The van der Waals surface area contributed by atoms with Crippen molar-refractivity contribution in [1.82, 2.24) is 9.55 Å². The van der Waals surface area contributed by atoms with E-state index in [1.54, 1.807) is 7.11 Å². The smallest absolute Gasteiger partial charge is 0.328 e. The molecule has 0 unspecified atom stereocenters. The lowest BCUT2D eigenvalue weighted by Gasteiger charge is -2.04. The van der Waals surface area contributed by atoms with E-state index in [1.807, 2.05) is 24.3 Å². The summed E-state index contributed by atoms with van der Waals surface area (Å²) in [7, 11) is 1.59. The number of imidazole rings is 1. The first-order valence-corrected chi connectivity index (χ1v) is 4.81. The van der Waals surface area contributed by atoms with Crippen LogP contribution in [0.4, 0.5) is 0 Å². The van der Waals surface area contributed by atoms with E-state index >= 15 is 0 Å². The monoisotopic (exact) mass is 220 g/mol. The van der Waals surface area contributed by atoms with Gasteiger partial charge >= 0.3 is 5.69 Å². The molecule has 0 saturated heterocycles. The van der Waals surface area contributed by atoms with Gasteiger partial charge in [0.1, 0.15) is 5.75 Å². The molecule has 1 aromatic carbocycles. The highest BCUT2D eigenvalue weighted by Crippen LogP contribution is 2.13. The molecule has 0 atom stereocenters. The first-order valence-electron chi connectivity index (χ1n) is 4.81. The van der Waals surface area contributed by atoms with Crippen LogP contribution in [0, 0.1) is 0 Å². The highest BCUT2D eigenvalue weighted by atomic mass is 16.5. The Kier molecular flexibility index (Phi) is 2.68. The van der Waals surface area contributed by atoms with Crippen molar-refractivity contribution >= 4 is 0 Å². The van der Waals surface area contributed by atoms with Crippen molar-refractivity contribution in [2.75, 3.05) is 7.11 Å². The molecule has 2 aromatic rings. The number of benzene rings is 1. The number of aromatic nitrogens is 2. The molecule has 2 rings (SSSR count). The third-order valence-corrected chi connectivity index (χ3v) is 2.35. The van der Waals surface area contributed by atoms with Crippen molar-refractivity contribution in [2.45, 2.75) is 6.54 Å². The van der Waals surface area contributed by atoms with Gasteiger partial charge in [0.2, 0.25) is 5.88 Å². The molecular weight excluding hydrogens is 208 g/mol. The molecule has 0 aliphatic rings. The van der Waals surface area contributed by atoms with Gasteiger partial charge in [-0.15, -0.1) is 0 Å². The maximum absolute atomic E-state index is 11.3. The topological polar surface area (TPSA) is 67.2 Å². The number of nitrogens with one attached hydrogen (secondary N) is 1. The number of methoxy groups -OCH3 is 1. The van der Waals surface area contributed by atoms with E-state index in [2.05, 4.69) is 4.98 Å². The summed E-state index contributed by atoms with van der Waals surface area (Å²) in [6, 6.07) is 7.31. The van der Waals surface area contributed by atoms with Crippen LogP contribution in [0.3, 0.4) is 0 Å². The normalized spacial score (nSPS) is 10.3. The molecule has 0 spiro atoms. The number of rotatable bonds is 3. The Bertz CT molecular complexity index is 525. The lowest BCUT2D eigenvalue weighted by atomic mass is 10.2. The van der Waals surface area contributed by atoms with Gasteiger partial charge < -0.3 is 14.8 Å². The lowest BCUT2D eigenvalue weighted by Crippen LogP contribution is -2.17. The summed E-state index contributed by atoms with van der Waals surface area (Å²) in [5.41, 5.74) is 0.589. The van der Waals surface area contributed by atoms with Crippen LogP contribution in [-0.4, -0.2) is 21.8 Å². The fourth-order valence-corrected chi connectivity index (χ4v) is 1.45. The summed E-state index contributed by atoms with van der Waals surface area (Å²) in [6.45, 7) is 0.332.